The second-order valence-corrected chi connectivity index (χ2v) is 7.16. The summed E-state index contributed by atoms with van der Waals surface area (Å²) in [7, 11) is 6.73. The van der Waals surface area contributed by atoms with E-state index in [1.54, 1.807) is 20.3 Å². The first-order valence-electron chi connectivity index (χ1n) is 9.11. The fourth-order valence-corrected chi connectivity index (χ4v) is 4.58. The van der Waals surface area contributed by atoms with E-state index in [-0.39, 0.29) is 23.3 Å². The van der Waals surface area contributed by atoms with Crippen LogP contribution in [0.4, 0.5) is 0 Å². The first kappa shape index (κ1) is 17.8. The summed E-state index contributed by atoms with van der Waals surface area (Å²) < 4.78 is 16.5. The van der Waals surface area contributed by atoms with Crippen molar-refractivity contribution in [1.29, 1.82) is 0 Å². The number of phenols is 2. The number of rotatable bonds is 3. The molecule has 27 heavy (non-hydrogen) atoms. The molecule has 1 heterocycles. The molecule has 0 aromatic heterocycles. The largest absolute Gasteiger partial charge is 0.504 e. The Labute approximate surface area is 158 Å². The standard InChI is InChI=1S/C21H25NO5/c1-22-8-7-12-10-15(25-2)19(24)18-16(12)13(22)6-5-11-9-14(23)20(26-3)21(27-4)17(11)18/h9-10,13,23-24H,5-8H2,1-4H3/t13-/m1/s1. The topological polar surface area (TPSA) is 71.4 Å². The number of hydrogen-bond donors (Lipinski definition) is 2. The molecule has 1 aliphatic carbocycles. The first-order chi connectivity index (χ1) is 13.0. The highest BCUT2D eigenvalue weighted by Gasteiger charge is 2.36. The van der Waals surface area contributed by atoms with E-state index >= 15 is 0 Å². The summed E-state index contributed by atoms with van der Waals surface area (Å²) in [6, 6.07) is 3.86. The predicted molar refractivity (Wildman–Crippen MR) is 102 cm³/mol. The molecule has 6 heteroatoms. The first-order valence-corrected chi connectivity index (χ1v) is 9.11. The highest BCUT2D eigenvalue weighted by Crippen LogP contribution is 2.56. The second kappa shape index (κ2) is 6.53. The third-order valence-electron chi connectivity index (χ3n) is 5.85. The van der Waals surface area contributed by atoms with Crippen molar-refractivity contribution in [1.82, 2.24) is 4.90 Å². The minimum absolute atomic E-state index is 0.0407. The highest BCUT2D eigenvalue weighted by molar-refractivity contribution is 5.88. The van der Waals surface area contributed by atoms with Gasteiger partial charge < -0.3 is 24.4 Å². The minimum Gasteiger partial charge on any atom is -0.504 e. The Morgan fingerprint density at radius 2 is 1.67 bits per heavy atom. The summed E-state index contributed by atoms with van der Waals surface area (Å²) in [6.07, 6.45) is 2.54. The van der Waals surface area contributed by atoms with Crippen LogP contribution in [-0.2, 0) is 12.8 Å². The molecule has 0 unspecified atom stereocenters. The van der Waals surface area contributed by atoms with Gasteiger partial charge in [-0.05, 0) is 55.1 Å². The summed E-state index contributed by atoms with van der Waals surface area (Å²) in [5.41, 5.74) is 4.73. The van der Waals surface area contributed by atoms with E-state index in [0.29, 0.717) is 11.5 Å². The number of hydrogen-bond acceptors (Lipinski definition) is 6. The van der Waals surface area contributed by atoms with Gasteiger partial charge in [-0.25, -0.2) is 0 Å². The maximum atomic E-state index is 11.1. The van der Waals surface area contributed by atoms with Gasteiger partial charge in [-0.3, -0.25) is 4.90 Å². The van der Waals surface area contributed by atoms with Crippen LogP contribution in [0.3, 0.4) is 0 Å². The lowest BCUT2D eigenvalue weighted by atomic mass is 9.85. The monoisotopic (exact) mass is 371 g/mol. The Bertz CT molecular complexity index is 908. The summed E-state index contributed by atoms with van der Waals surface area (Å²) in [5, 5.41) is 21.5. The summed E-state index contributed by atoms with van der Waals surface area (Å²) in [4.78, 5) is 2.33. The zero-order valence-corrected chi connectivity index (χ0v) is 16.1. The molecule has 0 fully saturated rings. The lowest BCUT2D eigenvalue weighted by Gasteiger charge is -2.35. The fraction of sp³-hybridized carbons (Fsp3) is 0.429. The Balaban J connectivity index is 2.14. The van der Waals surface area contributed by atoms with Crippen LogP contribution < -0.4 is 14.2 Å². The SMILES string of the molecule is COc1cc2c3c(c1O)-c1c(cc(O)c(OC)c1OC)CC[C@H]3N(C)CC2. The molecule has 0 bridgehead atoms. The van der Waals surface area contributed by atoms with Gasteiger partial charge in [0.05, 0.1) is 21.3 Å². The number of likely N-dealkylation sites (N-methyl/N-ethyl adjacent to an activating group) is 1. The Hall–Kier alpha value is -2.60. The molecule has 6 nitrogen and oxygen atoms in total. The zero-order valence-electron chi connectivity index (χ0n) is 16.1. The van der Waals surface area contributed by atoms with E-state index in [9.17, 15) is 10.2 Å². The lowest BCUT2D eigenvalue weighted by molar-refractivity contribution is 0.220. The summed E-state index contributed by atoms with van der Waals surface area (Å²) >= 11 is 0. The third-order valence-corrected chi connectivity index (χ3v) is 5.85. The third kappa shape index (κ3) is 2.51. The Morgan fingerprint density at radius 3 is 2.33 bits per heavy atom. The number of fused-ring (bicyclic) bond motifs is 2. The zero-order chi connectivity index (χ0) is 19.3. The molecule has 2 aliphatic rings. The van der Waals surface area contributed by atoms with E-state index in [2.05, 4.69) is 11.9 Å². The average Bonchev–Trinajstić information content (AvgIpc) is 2.83. The van der Waals surface area contributed by atoms with Gasteiger partial charge in [0.2, 0.25) is 5.75 Å². The highest BCUT2D eigenvalue weighted by atomic mass is 16.5. The van der Waals surface area contributed by atoms with Crippen molar-refractivity contribution in [3.8, 4) is 39.9 Å². The van der Waals surface area contributed by atoms with E-state index < -0.39 is 0 Å². The van der Waals surface area contributed by atoms with E-state index in [1.165, 1.54) is 12.7 Å². The fourth-order valence-electron chi connectivity index (χ4n) is 4.58. The van der Waals surface area contributed by atoms with Gasteiger partial charge in [0, 0.05) is 23.7 Å². The van der Waals surface area contributed by atoms with E-state index in [1.807, 2.05) is 6.07 Å². The molecule has 1 aliphatic heterocycles. The average molecular weight is 371 g/mol. The molecule has 2 aromatic rings. The van der Waals surface area contributed by atoms with Crippen LogP contribution in [0.15, 0.2) is 12.1 Å². The van der Waals surface area contributed by atoms with Gasteiger partial charge in [-0.15, -0.1) is 0 Å². The smallest absolute Gasteiger partial charge is 0.203 e. The molecule has 0 spiro atoms. The number of benzene rings is 2. The van der Waals surface area contributed by atoms with Crippen molar-refractivity contribution >= 4 is 0 Å². The molecule has 1 atom stereocenters. The van der Waals surface area contributed by atoms with Crippen LogP contribution in [0.25, 0.3) is 11.1 Å². The van der Waals surface area contributed by atoms with Crippen molar-refractivity contribution in [3.63, 3.8) is 0 Å². The second-order valence-electron chi connectivity index (χ2n) is 7.16. The molecule has 2 aromatic carbocycles. The van der Waals surface area contributed by atoms with Crippen molar-refractivity contribution in [2.24, 2.45) is 0 Å². The number of ether oxygens (including phenoxy) is 3. The minimum atomic E-state index is 0.0407. The van der Waals surface area contributed by atoms with Gasteiger partial charge in [0.15, 0.2) is 23.0 Å². The van der Waals surface area contributed by atoms with Gasteiger partial charge >= 0.3 is 0 Å². The lowest BCUT2D eigenvalue weighted by Crippen LogP contribution is -2.32. The van der Waals surface area contributed by atoms with Crippen LogP contribution in [0.2, 0.25) is 0 Å². The molecular formula is C21H25NO5. The van der Waals surface area contributed by atoms with Gasteiger partial charge in [-0.2, -0.15) is 0 Å². The number of nitrogens with zero attached hydrogens (tertiary/aromatic N) is 1. The molecule has 0 saturated heterocycles. The quantitative estimate of drug-likeness (QED) is 0.863. The number of methoxy groups -OCH3 is 3. The molecular weight excluding hydrogens is 346 g/mol. The van der Waals surface area contributed by atoms with E-state index in [0.717, 1.165) is 48.1 Å². The Kier molecular flexibility index (Phi) is 4.30. The molecule has 0 saturated carbocycles. The van der Waals surface area contributed by atoms with Crippen molar-refractivity contribution in [2.75, 3.05) is 34.9 Å². The normalized spacial score (nSPS) is 18.3. The number of aromatic hydroxyl groups is 2. The summed E-state index contributed by atoms with van der Waals surface area (Å²) in [5.74, 6) is 1.31. The molecule has 144 valence electrons. The van der Waals surface area contributed by atoms with Crippen molar-refractivity contribution < 1.29 is 24.4 Å². The number of aryl methyl sites for hydroxylation is 1. The van der Waals surface area contributed by atoms with Crippen LogP contribution in [-0.4, -0.2) is 50.0 Å². The van der Waals surface area contributed by atoms with Crippen molar-refractivity contribution in [3.05, 3.63) is 28.8 Å². The predicted octanol–water partition coefficient (Wildman–Crippen LogP) is 3.27. The van der Waals surface area contributed by atoms with Gasteiger partial charge in [-0.1, -0.05) is 0 Å². The molecule has 0 radical (unpaired) electrons. The molecule has 4 rings (SSSR count). The van der Waals surface area contributed by atoms with Gasteiger partial charge in [0.1, 0.15) is 0 Å². The van der Waals surface area contributed by atoms with Crippen LogP contribution in [0, 0.1) is 0 Å². The maximum Gasteiger partial charge on any atom is 0.203 e. The number of phenolic OH excluding ortho intramolecular Hbond substituents is 2. The molecule has 0 amide bonds. The van der Waals surface area contributed by atoms with Gasteiger partial charge in [0.25, 0.3) is 0 Å². The summed E-state index contributed by atoms with van der Waals surface area (Å²) in [6.45, 7) is 0.951. The van der Waals surface area contributed by atoms with Crippen LogP contribution >= 0.6 is 0 Å². The molecule has 2 N–H and O–H groups in total. The maximum absolute atomic E-state index is 11.1. The van der Waals surface area contributed by atoms with Crippen LogP contribution in [0.1, 0.15) is 29.2 Å². The van der Waals surface area contributed by atoms with Crippen molar-refractivity contribution in [2.45, 2.75) is 25.3 Å². The Morgan fingerprint density at radius 1 is 0.926 bits per heavy atom. The van der Waals surface area contributed by atoms with E-state index in [4.69, 9.17) is 14.2 Å². The van der Waals surface area contributed by atoms with Crippen LogP contribution in [0.5, 0.6) is 28.7 Å².